The summed E-state index contributed by atoms with van der Waals surface area (Å²) in [4.78, 5) is 25.1. The minimum atomic E-state index is -0.405. The molecule has 0 radical (unpaired) electrons. The minimum Gasteiger partial charge on any atom is -0.463 e. The highest BCUT2D eigenvalue weighted by Crippen LogP contribution is 2.19. The van der Waals surface area contributed by atoms with Crippen molar-refractivity contribution in [3.63, 3.8) is 0 Å². The van der Waals surface area contributed by atoms with Gasteiger partial charge in [0.05, 0.1) is 18.8 Å². The van der Waals surface area contributed by atoms with E-state index < -0.39 is 11.9 Å². The molecule has 0 amide bonds. The number of carbonyl (C=O) groups is 2. The van der Waals surface area contributed by atoms with E-state index in [9.17, 15) is 9.59 Å². The lowest BCUT2D eigenvalue weighted by atomic mass is 10.1. The van der Waals surface area contributed by atoms with Crippen LogP contribution in [0.2, 0.25) is 0 Å². The van der Waals surface area contributed by atoms with E-state index in [1.54, 1.807) is 6.07 Å². The standard InChI is InChI=1S/C23H25N3O4/c1-3-22(27)29-14-8-4-5-9-15-30-23(28)18-13-12-17(2)16-21(18)26-24-19-10-6-7-11-20(19)25-26/h3,6-7,10-13,16H,1,4-5,8-9,14-15H2,2H3. The Morgan fingerprint density at radius 1 is 0.967 bits per heavy atom. The lowest BCUT2D eigenvalue weighted by molar-refractivity contribution is -0.137. The largest absolute Gasteiger partial charge is 0.463 e. The van der Waals surface area contributed by atoms with Crippen molar-refractivity contribution in [1.82, 2.24) is 15.0 Å². The fourth-order valence-electron chi connectivity index (χ4n) is 2.98. The Morgan fingerprint density at radius 3 is 2.23 bits per heavy atom. The molecule has 30 heavy (non-hydrogen) atoms. The molecule has 2 aromatic carbocycles. The van der Waals surface area contributed by atoms with Crippen molar-refractivity contribution in [3.05, 3.63) is 66.2 Å². The van der Waals surface area contributed by atoms with Crippen LogP contribution in [0.25, 0.3) is 16.7 Å². The lowest BCUT2D eigenvalue weighted by Crippen LogP contribution is -2.12. The van der Waals surface area contributed by atoms with Gasteiger partial charge in [-0.2, -0.15) is 0 Å². The molecule has 0 spiro atoms. The molecular weight excluding hydrogens is 382 g/mol. The van der Waals surface area contributed by atoms with Gasteiger partial charge >= 0.3 is 11.9 Å². The van der Waals surface area contributed by atoms with Crippen molar-refractivity contribution in [2.45, 2.75) is 32.6 Å². The van der Waals surface area contributed by atoms with Gasteiger partial charge in [0.15, 0.2) is 0 Å². The zero-order valence-corrected chi connectivity index (χ0v) is 17.0. The predicted octanol–water partition coefficient (Wildman–Crippen LogP) is 4.18. The van der Waals surface area contributed by atoms with Gasteiger partial charge in [-0.3, -0.25) is 0 Å². The monoisotopic (exact) mass is 407 g/mol. The van der Waals surface area contributed by atoms with Crippen molar-refractivity contribution in [2.24, 2.45) is 0 Å². The number of fused-ring (bicyclic) bond motifs is 1. The van der Waals surface area contributed by atoms with Crippen LogP contribution in [0.4, 0.5) is 0 Å². The molecule has 0 aliphatic rings. The zero-order chi connectivity index (χ0) is 21.3. The maximum atomic E-state index is 12.7. The first-order valence-electron chi connectivity index (χ1n) is 9.98. The Hall–Kier alpha value is -3.48. The average Bonchev–Trinajstić information content (AvgIpc) is 3.19. The smallest absolute Gasteiger partial charge is 0.340 e. The lowest BCUT2D eigenvalue weighted by Gasteiger charge is -2.10. The number of nitrogens with zero attached hydrogens (tertiary/aromatic N) is 3. The maximum absolute atomic E-state index is 12.7. The molecule has 0 unspecified atom stereocenters. The van der Waals surface area contributed by atoms with E-state index in [4.69, 9.17) is 9.47 Å². The molecule has 0 aliphatic carbocycles. The topological polar surface area (TPSA) is 83.3 Å². The third-order valence-corrected chi connectivity index (χ3v) is 4.56. The quantitative estimate of drug-likeness (QED) is 0.285. The molecule has 1 aromatic heterocycles. The highest BCUT2D eigenvalue weighted by atomic mass is 16.5. The number of aryl methyl sites for hydroxylation is 1. The first-order valence-corrected chi connectivity index (χ1v) is 9.98. The molecule has 0 aliphatic heterocycles. The summed E-state index contributed by atoms with van der Waals surface area (Å²) >= 11 is 0. The van der Waals surface area contributed by atoms with Gasteiger partial charge in [0.25, 0.3) is 0 Å². The number of rotatable bonds is 10. The number of carbonyl (C=O) groups excluding carboxylic acids is 2. The summed E-state index contributed by atoms with van der Waals surface area (Å²) in [6.07, 6.45) is 4.44. The normalized spacial score (nSPS) is 10.7. The number of esters is 2. The van der Waals surface area contributed by atoms with E-state index in [0.717, 1.165) is 48.4 Å². The van der Waals surface area contributed by atoms with E-state index >= 15 is 0 Å². The Balaban J connectivity index is 1.55. The van der Waals surface area contributed by atoms with Crippen LogP contribution in [-0.2, 0) is 14.3 Å². The molecule has 156 valence electrons. The molecule has 7 heteroatoms. The van der Waals surface area contributed by atoms with E-state index in [-0.39, 0.29) is 0 Å². The number of benzene rings is 2. The fourth-order valence-corrected chi connectivity index (χ4v) is 2.98. The van der Waals surface area contributed by atoms with Crippen LogP contribution in [0.15, 0.2) is 55.1 Å². The molecule has 0 fully saturated rings. The molecule has 0 N–H and O–H groups in total. The van der Waals surface area contributed by atoms with E-state index in [1.165, 1.54) is 4.80 Å². The predicted molar refractivity (Wildman–Crippen MR) is 114 cm³/mol. The van der Waals surface area contributed by atoms with Crippen molar-refractivity contribution < 1.29 is 19.1 Å². The summed E-state index contributed by atoms with van der Waals surface area (Å²) in [7, 11) is 0. The molecule has 0 atom stereocenters. The molecule has 0 saturated carbocycles. The van der Waals surface area contributed by atoms with Crippen LogP contribution in [0.3, 0.4) is 0 Å². The summed E-state index contributed by atoms with van der Waals surface area (Å²) in [6, 6.07) is 13.0. The SMILES string of the molecule is C=CC(=O)OCCCCCCOC(=O)c1ccc(C)cc1-n1nc2ccccc2n1. The minimum absolute atomic E-state index is 0.326. The maximum Gasteiger partial charge on any atom is 0.340 e. The number of ether oxygens (including phenoxy) is 2. The first kappa shape index (κ1) is 21.2. The summed E-state index contributed by atoms with van der Waals surface area (Å²) < 4.78 is 10.4. The van der Waals surface area contributed by atoms with Crippen LogP contribution in [0.5, 0.6) is 0 Å². The molecule has 1 heterocycles. The van der Waals surface area contributed by atoms with Gasteiger partial charge in [-0.25, -0.2) is 9.59 Å². The molecule has 3 rings (SSSR count). The molecule has 7 nitrogen and oxygen atoms in total. The van der Waals surface area contributed by atoms with Gasteiger partial charge in [0, 0.05) is 6.08 Å². The number of hydrogen-bond donors (Lipinski definition) is 0. The van der Waals surface area contributed by atoms with Crippen LogP contribution in [0.1, 0.15) is 41.6 Å². The van der Waals surface area contributed by atoms with E-state index in [2.05, 4.69) is 16.8 Å². The van der Waals surface area contributed by atoms with Crippen LogP contribution < -0.4 is 0 Å². The van der Waals surface area contributed by atoms with E-state index in [1.807, 2.05) is 43.3 Å². The van der Waals surface area contributed by atoms with Gasteiger partial charge in [0.1, 0.15) is 16.7 Å². The van der Waals surface area contributed by atoms with E-state index in [0.29, 0.717) is 24.5 Å². The molecule has 0 bridgehead atoms. The summed E-state index contributed by atoms with van der Waals surface area (Å²) in [6.45, 7) is 6.01. The number of unbranched alkanes of at least 4 members (excludes halogenated alkanes) is 3. The van der Waals surface area contributed by atoms with Gasteiger partial charge in [-0.05, 0) is 62.4 Å². The number of hydrogen-bond acceptors (Lipinski definition) is 6. The third-order valence-electron chi connectivity index (χ3n) is 4.56. The molecular formula is C23H25N3O4. The Bertz CT molecular complexity index is 1010. The Kier molecular flexibility index (Phi) is 7.32. The summed E-state index contributed by atoms with van der Waals surface area (Å²) in [5.41, 5.74) is 3.55. The highest BCUT2D eigenvalue weighted by molar-refractivity contribution is 5.93. The number of aromatic nitrogens is 3. The van der Waals surface area contributed by atoms with Crippen molar-refractivity contribution in [3.8, 4) is 5.69 Å². The van der Waals surface area contributed by atoms with Crippen LogP contribution in [0, 0.1) is 6.92 Å². The molecule has 3 aromatic rings. The van der Waals surface area contributed by atoms with Crippen molar-refractivity contribution in [1.29, 1.82) is 0 Å². The van der Waals surface area contributed by atoms with Gasteiger partial charge in [-0.1, -0.05) is 24.8 Å². The van der Waals surface area contributed by atoms with Crippen LogP contribution in [-0.4, -0.2) is 40.1 Å². The first-order chi connectivity index (χ1) is 14.6. The zero-order valence-electron chi connectivity index (χ0n) is 17.0. The third kappa shape index (κ3) is 5.53. The van der Waals surface area contributed by atoms with Gasteiger partial charge < -0.3 is 9.47 Å². The average molecular weight is 407 g/mol. The van der Waals surface area contributed by atoms with Crippen molar-refractivity contribution >= 4 is 23.0 Å². The Morgan fingerprint density at radius 2 is 1.60 bits per heavy atom. The second-order valence-corrected chi connectivity index (χ2v) is 6.92. The fraction of sp³-hybridized carbons (Fsp3) is 0.304. The van der Waals surface area contributed by atoms with Gasteiger partial charge in [0.2, 0.25) is 0 Å². The molecule has 0 saturated heterocycles. The summed E-state index contributed by atoms with van der Waals surface area (Å²) in [5, 5.41) is 8.96. The van der Waals surface area contributed by atoms with Crippen LogP contribution >= 0.6 is 0 Å². The second-order valence-electron chi connectivity index (χ2n) is 6.92. The highest BCUT2D eigenvalue weighted by Gasteiger charge is 2.16. The summed E-state index contributed by atoms with van der Waals surface area (Å²) in [5.74, 6) is -0.802. The second kappa shape index (κ2) is 10.3. The van der Waals surface area contributed by atoms with Gasteiger partial charge in [-0.15, -0.1) is 15.0 Å². The van der Waals surface area contributed by atoms with Crippen molar-refractivity contribution in [2.75, 3.05) is 13.2 Å². The Labute approximate surface area is 175 Å².